The molecule has 5 heteroatoms. The molecule has 0 aliphatic heterocycles. The van der Waals surface area contributed by atoms with Crippen LogP contribution in [0.2, 0.25) is 0 Å². The van der Waals surface area contributed by atoms with E-state index < -0.39 is 11.9 Å². The van der Waals surface area contributed by atoms with Crippen molar-refractivity contribution >= 4 is 11.6 Å². The summed E-state index contributed by atoms with van der Waals surface area (Å²) in [6.07, 6.45) is 0. The van der Waals surface area contributed by atoms with Crippen LogP contribution in [0.4, 0.5) is 10.1 Å². The van der Waals surface area contributed by atoms with Crippen LogP contribution in [0.3, 0.4) is 0 Å². The van der Waals surface area contributed by atoms with Gasteiger partial charge in [-0.05, 0) is 19.1 Å². The number of hydrogen-bond acceptors (Lipinski definition) is 3. The predicted molar refractivity (Wildman–Crippen MR) is 55.2 cm³/mol. The number of carbonyl (C=O) groups is 1. The van der Waals surface area contributed by atoms with Crippen LogP contribution < -0.4 is 15.8 Å². The van der Waals surface area contributed by atoms with Crippen molar-refractivity contribution in [1.29, 1.82) is 0 Å². The van der Waals surface area contributed by atoms with Crippen LogP contribution in [0.1, 0.15) is 6.92 Å². The van der Waals surface area contributed by atoms with Gasteiger partial charge in [0.05, 0.1) is 13.2 Å². The standard InChI is InChI=1S/C10H13FN2O2/c1-6(12)10(14)13-7-3-4-9(15-2)8(11)5-7/h3-6H,12H2,1-2H3,(H,13,14). The van der Waals surface area contributed by atoms with Gasteiger partial charge in [0.15, 0.2) is 11.6 Å². The molecular weight excluding hydrogens is 199 g/mol. The van der Waals surface area contributed by atoms with Gasteiger partial charge in [-0.15, -0.1) is 0 Å². The van der Waals surface area contributed by atoms with E-state index in [2.05, 4.69) is 5.32 Å². The lowest BCUT2D eigenvalue weighted by Crippen LogP contribution is -2.32. The number of amides is 1. The van der Waals surface area contributed by atoms with Crippen LogP contribution in [-0.4, -0.2) is 19.1 Å². The minimum atomic E-state index is -0.629. The summed E-state index contributed by atoms with van der Waals surface area (Å²) < 4.78 is 17.9. The van der Waals surface area contributed by atoms with Crippen molar-refractivity contribution in [3.8, 4) is 5.75 Å². The van der Waals surface area contributed by atoms with Crippen molar-refractivity contribution in [3.63, 3.8) is 0 Å². The number of nitrogens with one attached hydrogen (secondary N) is 1. The number of hydrogen-bond donors (Lipinski definition) is 2. The van der Waals surface area contributed by atoms with Gasteiger partial charge in [0.25, 0.3) is 0 Å². The molecule has 3 N–H and O–H groups in total. The molecule has 1 aromatic rings. The highest BCUT2D eigenvalue weighted by molar-refractivity contribution is 5.94. The molecule has 0 fully saturated rings. The van der Waals surface area contributed by atoms with Crippen LogP contribution in [0, 0.1) is 5.82 Å². The first-order valence-electron chi connectivity index (χ1n) is 4.44. The van der Waals surface area contributed by atoms with Gasteiger partial charge < -0.3 is 15.8 Å². The lowest BCUT2D eigenvalue weighted by atomic mass is 10.2. The molecule has 0 heterocycles. The molecule has 0 saturated carbocycles. The quantitative estimate of drug-likeness (QED) is 0.789. The van der Waals surface area contributed by atoms with E-state index in [0.29, 0.717) is 5.69 Å². The highest BCUT2D eigenvalue weighted by Gasteiger charge is 2.09. The zero-order valence-corrected chi connectivity index (χ0v) is 8.58. The van der Waals surface area contributed by atoms with E-state index in [0.717, 1.165) is 0 Å². The summed E-state index contributed by atoms with van der Waals surface area (Å²) in [5.41, 5.74) is 5.70. The van der Waals surface area contributed by atoms with Crippen molar-refractivity contribution < 1.29 is 13.9 Å². The predicted octanol–water partition coefficient (Wildman–Crippen LogP) is 1.12. The van der Waals surface area contributed by atoms with Crippen molar-refractivity contribution in [3.05, 3.63) is 24.0 Å². The highest BCUT2D eigenvalue weighted by Crippen LogP contribution is 2.20. The summed E-state index contributed by atoms with van der Waals surface area (Å²) in [4.78, 5) is 11.2. The first kappa shape index (κ1) is 11.5. The number of benzene rings is 1. The molecular formula is C10H13FN2O2. The smallest absolute Gasteiger partial charge is 0.241 e. The van der Waals surface area contributed by atoms with Crippen LogP contribution in [-0.2, 0) is 4.79 Å². The average Bonchev–Trinajstić information content (AvgIpc) is 2.18. The summed E-state index contributed by atoms with van der Waals surface area (Å²) in [7, 11) is 1.37. The maximum Gasteiger partial charge on any atom is 0.241 e. The molecule has 0 spiro atoms. The Hall–Kier alpha value is -1.62. The Kier molecular flexibility index (Phi) is 3.62. The number of carbonyl (C=O) groups excluding carboxylic acids is 1. The van der Waals surface area contributed by atoms with Gasteiger partial charge in [0.1, 0.15) is 0 Å². The van der Waals surface area contributed by atoms with E-state index in [4.69, 9.17) is 10.5 Å². The minimum absolute atomic E-state index is 0.133. The molecule has 1 aromatic carbocycles. The normalized spacial score (nSPS) is 12.0. The molecule has 4 nitrogen and oxygen atoms in total. The van der Waals surface area contributed by atoms with Gasteiger partial charge >= 0.3 is 0 Å². The van der Waals surface area contributed by atoms with E-state index in [1.807, 2.05) is 0 Å². The molecule has 0 aliphatic carbocycles. The van der Waals surface area contributed by atoms with Gasteiger partial charge in [-0.25, -0.2) is 4.39 Å². The molecule has 0 radical (unpaired) electrons. The molecule has 1 rings (SSSR count). The molecule has 0 aromatic heterocycles. The zero-order chi connectivity index (χ0) is 11.4. The Morgan fingerprint density at radius 1 is 1.60 bits per heavy atom. The van der Waals surface area contributed by atoms with E-state index in [9.17, 15) is 9.18 Å². The van der Waals surface area contributed by atoms with Crippen LogP contribution in [0.5, 0.6) is 5.75 Å². The third-order valence-electron chi connectivity index (χ3n) is 1.83. The number of nitrogens with two attached hydrogens (primary N) is 1. The van der Waals surface area contributed by atoms with E-state index >= 15 is 0 Å². The first-order chi connectivity index (χ1) is 7.04. The summed E-state index contributed by atoms with van der Waals surface area (Å²) in [5, 5.41) is 2.47. The second-order valence-electron chi connectivity index (χ2n) is 3.13. The fourth-order valence-electron chi connectivity index (χ4n) is 1.00. The van der Waals surface area contributed by atoms with E-state index in [1.54, 1.807) is 13.0 Å². The summed E-state index contributed by atoms with van der Waals surface area (Å²) >= 11 is 0. The second-order valence-corrected chi connectivity index (χ2v) is 3.13. The van der Waals surface area contributed by atoms with Gasteiger partial charge in [-0.3, -0.25) is 4.79 Å². The molecule has 0 aliphatic rings. The fraction of sp³-hybridized carbons (Fsp3) is 0.300. The number of rotatable bonds is 3. The van der Waals surface area contributed by atoms with E-state index in [1.165, 1.54) is 19.2 Å². The maximum atomic E-state index is 13.2. The number of methoxy groups -OCH3 is 1. The van der Waals surface area contributed by atoms with Gasteiger partial charge in [-0.1, -0.05) is 0 Å². The second kappa shape index (κ2) is 4.75. The van der Waals surface area contributed by atoms with E-state index in [-0.39, 0.29) is 11.7 Å². The Balaban J connectivity index is 2.80. The Morgan fingerprint density at radius 3 is 2.73 bits per heavy atom. The van der Waals surface area contributed by atoms with Gasteiger partial charge in [0.2, 0.25) is 5.91 Å². The Bertz CT molecular complexity index is 366. The fourth-order valence-corrected chi connectivity index (χ4v) is 1.00. The lowest BCUT2D eigenvalue weighted by Gasteiger charge is -2.08. The average molecular weight is 212 g/mol. The Morgan fingerprint density at radius 2 is 2.27 bits per heavy atom. The van der Waals surface area contributed by atoms with Gasteiger partial charge in [0, 0.05) is 11.8 Å². The third kappa shape index (κ3) is 2.92. The number of ether oxygens (including phenoxy) is 1. The molecule has 82 valence electrons. The summed E-state index contributed by atoms with van der Waals surface area (Å²) in [5.74, 6) is -0.756. The van der Waals surface area contributed by atoms with Crippen molar-refractivity contribution in [2.24, 2.45) is 5.73 Å². The van der Waals surface area contributed by atoms with Crippen LogP contribution in [0.15, 0.2) is 18.2 Å². The molecule has 15 heavy (non-hydrogen) atoms. The largest absolute Gasteiger partial charge is 0.494 e. The first-order valence-corrected chi connectivity index (χ1v) is 4.44. The molecule has 0 bridgehead atoms. The Labute approximate surface area is 87.2 Å². The van der Waals surface area contributed by atoms with Crippen molar-refractivity contribution in [2.45, 2.75) is 13.0 Å². The zero-order valence-electron chi connectivity index (χ0n) is 8.58. The van der Waals surface area contributed by atoms with Crippen LogP contribution in [0.25, 0.3) is 0 Å². The molecule has 1 atom stereocenters. The van der Waals surface area contributed by atoms with Gasteiger partial charge in [-0.2, -0.15) is 0 Å². The monoisotopic (exact) mass is 212 g/mol. The molecule has 1 amide bonds. The SMILES string of the molecule is COc1ccc(NC(=O)C(C)N)cc1F. The molecule has 1 unspecified atom stereocenters. The third-order valence-corrected chi connectivity index (χ3v) is 1.83. The topological polar surface area (TPSA) is 64.3 Å². The van der Waals surface area contributed by atoms with Crippen molar-refractivity contribution in [1.82, 2.24) is 0 Å². The maximum absolute atomic E-state index is 13.2. The summed E-state index contributed by atoms with van der Waals surface area (Å²) in [6, 6.07) is 3.53. The van der Waals surface area contributed by atoms with Crippen molar-refractivity contribution in [2.75, 3.05) is 12.4 Å². The number of anilines is 1. The van der Waals surface area contributed by atoms with Crippen LogP contribution >= 0.6 is 0 Å². The highest BCUT2D eigenvalue weighted by atomic mass is 19.1. The molecule has 0 saturated heterocycles. The number of halogens is 1. The summed E-state index contributed by atoms with van der Waals surface area (Å²) in [6.45, 7) is 1.55. The lowest BCUT2D eigenvalue weighted by molar-refractivity contribution is -0.117. The minimum Gasteiger partial charge on any atom is -0.494 e.